The SMILES string of the molecule is Cc1ccc(S(=O)(=O)NC(C(=O)N2CCC(C(=O)NC(C(=O)O)C(C)C)CC2)C(C)C)cc1. The van der Waals surface area contributed by atoms with E-state index in [1.54, 1.807) is 44.7 Å². The molecule has 1 aromatic rings. The number of aliphatic carboxylic acids is 1. The molecule has 1 aliphatic heterocycles. The van der Waals surface area contributed by atoms with E-state index >= 15 is 0 Å². The number of hydrogen-bond acceptors (Lipinski definition) is 5. The Hall–Kier alpha value is -2.46. The number of amides is 2. The first kappa shape index (κ1) is 26.8. The normalized spacial score (nSPS) is 17.1. The van der Waals surface area contributed by atoms with Gasteiger partial charge in [0.05, 0.1) is 4.90 Å². The smallest absolute Gasteiger partial charge is 0.326 e. The Kier molecular flexibility index (Phi) is 9.02. The maximum atomic E-state index is 13.2. The minimum absolute atomic E-state index is 0.0973. The number of benzene rings is 1. The van der Waals surface area contributed by atoms with Crippen LogP contribution in [0, 0.1) is 24.7 Å². The fourth-order valence-corrected chi connectivity index (χ4v) is 5.11. The summed E-state index contributed by atoms with van der Waals surface area (Å²) in [6.07, 6.45) is 0.773. The van der Waals surface area contributed by atoms with E-state index in [-0.39, 0.29) is 28.5 Å². The summed E-state index contributed by atoms with van der Waals surface area (Å²) in [7, 11) is -3.88. The molecule has 2 amide bonds. The van der Waals surface area contributed by atoms with E-state index in [4.69, 9.17) is 0 Å². The van der Waals surface area contributed by atoms with Crippen molar-refractivity contribution in [2.75, 3.05) is 13.1 Å². The number of nitrogens with one attached hydrogen (secondary N) is 2. The third-order valence-corrected chi connectivity index (χ3v) is 7.41. The summed E-state index contributed by atoms with van der Waals surface area (Å²) in [4.78, 5) is 38.7. The molecule has 2 atom stereocenters. The Morgan fingerprint density at radius 2 is 1.48 bits per heavy atom. The molecule has 0 saturated carbocycles. The van der Waals surface area contributed by atoms with Crippen molar-refractivity contribution in [1.29, 1.82) is 0 Å². The highest BCUT2D eigenvalue weighted by atomic mass is 32.2. The van der Waals surface area contributed by atoms with Gasteiger partial charge in [0.1, 0.15) is 12.1 Å². The van der Waals surface area contributed by atoms with Gasteiger partial charge in [-0.3, -0.25) is 9.59 Å². The lowest BCUT2D eigenvalue weighted by molar-refractivity contribution is -0.144. The highest BCUT2D eigenvalue weighted by Crippen LogP contribution is 2.21. The summed E-state index contributed by atoms with van der Waals surface area (Å²) in [5, 5.41) is 11.9. The van der Waals surface area contributed by atoms with Gasteiger partial charge in [0.2, 0.25) is 21.8 Å². The molecular weight excluding hydrogens is 446 g/mol. The van der Waals surface area contributed by atoms with Crippen molar-refractivity contribution in [2.24, 2.45) is 17.8 Å². The molecule has 1 aromatic carbocycles. The summed E-state index contributed by atoms with van der Waals surface area (Å²) in [6, 6.07) is 4.52. The maximum Gasteiger partial charge on any atom is 0.326 e. The number of carbonyl (C=O) groups excluding carboxylic acids is 2. The fourth-order valence-electron chi connectivity index (χ4n) is 3.77. The first-order chi connectivity index (χ1) is 15.3. The zero-order chi connectivity index (χ0) is 24.9. The second-order valence-corrected chi connectivity index (χ2v) is 11.0. The Morgan fingerprint density at radius 1 is 0.970 bits per heavy atom. The van der Waals surface area contributed by atoms with Crippen molar-refractivity contribution in [3.05, 3.63) is 29.8 Å². The molecule has 0 spiro atoms. The molecule has 10 heteroatoms. The van der Waals surface area contributed by atoms with Crippen LogP contribution in [0.25, 0.3) is 0 Å². The van der Waals surface area contributed by atoms with Crippen LogP contribution < -0.4 is 10.0 Å². The highest BCUT2D eigenvalue weighted by Gasteiger charge is 2.35. The molecule has 0 aliphatic carbocycles. The molecule has 2 unspecified atom stereocenters. The number of carbonyl (C=O) groups is 3. The zero-order valence-corrected chi connectivity index (χ0v) is 20.7. The number of sulfonamides is 1. The van der Waals surface area contributed by atoms with Crippen LogP contribution in [-0.2, 0) is 24.4 Å². The number of carboxylic acids is 1. The van der Waals surface area contributed by atoms with Crippen molar-refractivity contribution in [3.8, 4) is 0 Å². The van der Waals surface area contributed by atoms with Gasteiger partial charge >= 0.3 is 5.97 Å². The molecule has 0 aromatic heterocycles. The van der Waals surface area contributed by atoms with Gasteiger partial charge in [0.15, 0.2) is 0 Å². The fraction of sp³-hybridized carbons (Fsp3) is 0.609. The van der Waals surface area contributed by atoms with Gasteiger partial charge in [-0.05, 0) is 43.7 Å². The predicted molar refractivity (Wildman–Crippen MR) is 124 cm³/mol. The Bertz CT molecular complexity index is 951. The minimum Gasteiger partial charge on any atom is -0.480 e. The van der Waals surface area contributed by atoms with Gasteiger partial charge in [-0.2, -0.15) is 4.72 Å². The van der Waals surface area contributed by atoms with Crippen molar-refractivity contribution >= 4 is 27.8 Å². The standard InChI is InChI=1S/C23H35N3O6S/c1-14(2)19(25-33(31,32)18-8-6-16(5)7-9-18)22(28)26-12-10-17(11-13-26)21(27)24-20(15(3)4)23(29)30/h6-9,14-15,17,19-20,25H,10-13H2,1-5H3,(H,24,27)(H,29,30). The number of rotatable bonds is 9. The molecule has 1 aliphatic rings. The lowest BCUT2D eigenvalue weighted by atomic mass is 9.93. The van der Waals surface area contributed by atoms with E-state index in [2.05, 4.69) is 10.0 Å². The molecular formula is C23H35N3O6S. The summed E-state index contributed by atoms with van der Waals surface area (Å²) in [6.45, 7) is 9.46. The van der Waals surface area contributed by atoms with Gasteiger partial charge in [0.25, 0.3) is 0 Å². The summed E-state index contributed by atoms with van der Waals surface area (Å²) in [5.41, 5.74) is 0.931. The molecule has 0 radical (unpaired) electrons. The van der Waals surface area contributed by atoms with Gasteiger partial charge < -0.3 is 15.3 Å². The first-order valence-corrected chi connectivity index (χ1v) is 12.7. The van der Waals surface area contributed by atoms with Crippen LogP contribution in [-0.4, -0.2) is 61.4 Å². The van der Waals surface area contributed by atoms with E-state index in [1.807, 2.05) is 6.92 Å². The van der Waals surface area contributed by atoms with Crippen LogP contribution in [0.5, 0.6) is 0 Å². The molecule has 9 nitrogen and oxygen atoms in total. The van der Waals surface area contributed by atoms with Crippen LogP contribution in [0.4, 0.5) is 0 Å². The second-order valence-electron chi connectivity index (χ2n) is 9.32. The van der Waals surface area contributed by atoms with Crippen molar-refractivity contribution < 1.29 is 27.9 Å². The van der Waals surface area contributed by atoms with Crippen LogP contribution in [0.2, 0.25) is 0 Å². The monoisotopic (exact) mass is 481 g/mol. The van der Waals surface area contributed by atoms with Gasteiger partial charge in [-0.1, -0.05) is 45.4 Å². The summed E-state index contributed by atoms with van der Waals surface area (Å²) < 4.78 is 28.2. The zero-order valence-electron chi connectivity index (χ0n) is 19.9. The molecule has 3 N–H and O–H groups in total. The Labute approximate surface area is 196 Å². The van der Waals surface area contributed by atoms with E-state index in [0.717, 1.165) is 5.56 Å². The predicted octanol–water partition coefficient (Wildman–Crippen LogP) is 1.76. The van der Waals surface area contributed by atoms with Crippen LogP contribution >= 0.6 is 0 Å². The van der Waals surface area contributed by atoms with Crippen LogP contribution in [0.3, 0.4) is 0 Å². The Balaban J connectivity index is 2.02. The number of nitrogens with zero attached hydrogens (tertiary/aromatic N) is 1. The van der Waals surface area contributed by atoms with Gasteiger partial charge in [0, 0.05) is 19.0 Å². The molecule has 33 heavy (non-hydrogen) atoms. The first-order valence-electron chi connectivity index (χ1n) is 11.2. The van der Waals surface area contributed by atoms with E-state index in [1.165, 1.54) is 12.1 Å². The molecule has 1 fully saturated rings. The van der Waals surface area contributed by atoms with E-state index in [0.29, 0.717) is 25.9 Å². The average Bonchev–Trinajstić information content (AvgIpc) is 2.75. The van der Waals surface area contributed by atoms with Gasteiger partial charge in [-0.15, -0.1) is 0 Å². The average molecular weight is 482 g/mol. The third kappa shape index (κ3) is 7.01. The van der Waals surface area contributed by atoms with Crippen LogP contribution in [0.15, 0.2) is 29.2 Å². The maximum absolute atomic E-state index is 13.2. The summed E-state index contributed by atoms with van der Waals surface area (Å²) in [5.74, 6) is -2.65. The lowest BCUT2D eigenvalue weighted by Gasteiger charge is -2.35. The molecule has 184 valence electrons. The largest absolute Gasteiger partial charge is 0.480 e. The van der Waals surface area contributed by atoms with Crippen molar-refractivity contribution in [2.45, 2.75) is 64.4 Å². The number of hydrogen-bond donors (Lipinski definition) is 3. The number of aryl methyl sites for hydroxylation is 1. The topological polar surface area (TPSA) is 133 Å². The second kappa shape index (κ2) is 11.1. The highest BCUT2D eigenvalue weighted by molar-refractivity contribution is 7.89. The minimum atomic E-state index is -3.88. The number of carboxylic acid groups (broad SMARTS) is 1. The molecule has 2 rings (SSSR count). The van der Waals surface area contributed by atoms with Crippen molar-refractivity contribution in [1.82, 2.24) is 14.9 Å². The number of piperidine rings is 1. The van der Waals surface area contributed by atoms with E-state index in [9.17, 15) is 27.9 Å². The number of likely N-dealkylation sites (tertiary alicyclic amines) is 1. The lowest BCUT2D eigenvalue weighted by Crippen LogP contribution is -2.54. The Morgan fingerprint density at radius 3 is 1.94 bits per heavy atom. The van der Waals surface area contributed by atoms with Crippen LogP contribution in [0.1, 0.15) is 46.1 Å². The van der Waals surface area contributed by atoms with E-state index < -0.39 is 34.0 Å². The van der Waals surface area contributed by atoms with Gasteiger partial charge in [-0.25, -0.2) is 13.2 Å². The quantitative estimate of drug-likeness (QED) is 0.492. The summed E-state index contributed by atoms with van der Waals surface area (Å²) >= 11 is 0. The molecule has 1 heterocycles. The third-order valence-electron chi connectivity index (χ3n) is 5.95. The molecule has 0 bridgehead atoms. The van der Waals surface area contributed by atoms with Crippen molar-refractivity contribution in [3.63, 3.8) is 0 Å². The molecule has 1 saturated heterocycles.